The molecule has 0 unspecified atom stereocenters. The van der Waals surface area contributed by atoms with Gasteiger partial charge in [0.15, 0.2) is 5.82 Å². The van der Waals surface area contributed by atoms with E-state index in [4.69, 9.17) is 4.52 Å². The lowest BCUT2D eigenvalue weighted by Crippen LogP contribution is -2.10. The first-order valence-electron chi connectivity index (χ1n) is 4.86. The van der Waals surface area contributed by atoms with Gasteiger partial charge in [0, 0.05) is 11.8 Å². The van der Waals surface area contributed by atoms with Crippen LogP contribution in [-0.4, -0.2) is 15.9 Å². The predicted octanol–water partition coefficient (Wildman–Crippen LogP) is 1.96. The summed E-state index contributed by atoms with van der Waals surface area (Å²) in [6.45, 7) is 7.70. The third kappa shape index (κ3) is 2.65. The van der Waals surface area contributed by atoms with Gasteiger partial charge in [0.25, 0.3) is 0 Å². The monoisotopic (exact) mass is 196 g/mol. The second kappa shape index (κ2) is 4.35. The van der Waals surface area contributed by atoms with Crippen molar-refractivity contribution < 1.29 is 9.32 Å². The highest BCUT2D eigenvalue weighted by Crippen LogP contribution is 2.11. The fraction of sp³-hybridized carbons (Fsp3) is 0.700. The molecule has 0 radical (unpaired) electrons. The van der Waals surface area contributed by atoms with E-state index in [1.807, 2.05) is 27.7 Å². The lowest BCUT2D eigenvalue weighted by atomic mass is 10.1. The van der Waals surface area contributed by atoms with E-state index in [0.717, 1.165) is 0 Å². The maximum Gasteiger partial charge on any atom is 0.234 e. The first-order chi connectivity index (χ1) is 6.50. The highest BCUT2D eigenvalue weighted by molar-refractivity contribution is 5.81. The van der Waals surface area contributed by atoms with Crippen molar-refractivity contribution in [2.45, 2.75) is 40.0 Å². The molecule has 14 heavy (non-hydrogen) atoms. The van der Waals surface area contributed by atoms with E-state index in [9.17, 15) is 4.79 Å². The fourth-order valence-corrected chi connectivity index (χ4v) is 0.928. The molecule has 1 aromatic heterocycles. The standard InChI is InChI=1S/C10H16N2O2/c1-6(2)8(13)5-9-11-10(7(3)4)12-14-9/h6-7H,5H2,1-4H3. The highest BCUT2D eigenvalue weighted by atomic mass is 16.5. The molecule has 0 aliphatic heterocycles. The third-order valence-corrected chi connectivity index (χ3v) is 1.97. The number of hydrogen-bond acceptors (Lipinski definition) is 4. The largest absolute Gasteiger partial charge is 0.339 e. The fourth-order valence-electron chi connectivity index (χ4n) is 0.928. The van der Waals surface area contributed by atoms with E-state index in [0.29, 0.717) is 11.7 Å². The Labute approximate surface area is 83.7 Å². The van der Waals surface area contributed by atoms with Crippen molar-refractivity contribution in [2.24, 2.45) is 5.92 Å². The Bertz CT molecular complexity index is 316. The van der Waals surface area contributed by atoms with Crippen molar-refractivity contribution in [3.63, 3.8) is 0 Å². The van der Waals surface area contributed by atoms with Gasteiger partial charge < -0.3 is 4.52 Å². The second-order valence-electron chi connectivity index (χ2n) is 4.00. The minimum atomic E-state index is 0.0180. The van der Waals surface area contributed by atoms with Gasteiger partial charge in [0.05, 0.1) is 6.42 Å². The van der Waals surface area contributed by atoms with Crippen molar-refractivity contribution in [3.8, 4) is 0 Å². The van der Waals surface area contributed by atoms with Crippen LogP contribution in [0.1, 0.15) is 45.3 Å². The summed E-state index contributed by atoms with van der Waals surface area (Å²) in [5, 5.41) is 3.79. The molecule has 0 saturated heterocycles. The molecule has 78 valence electrons. The number of carbonyl (C=O) groups is 1. The van der Waals surface area contributed by atoms with Crippen LogP contribution in [0.15, 0.2) is 4.52 Å². The van der Waals surface area contributed by atoms with E-state index in [-0.39, 0.29) is 24.0 Å². The van der Waals surface area contributed by atoms with Crippen LogP contribution in [0.25, 0.3) is 0 Å². The second-order valence-corrected chi connectivity index (χ2v) is 4.00. The molecule has 0 aromatic carbocycles. The number of nitrogens with zero attached hydrogens (tertiary/aromatic N) is 2. The van der Waals surface area contributed by atoms with Crippen molar-refractivity contribution >= 4 is 5.78 Å². The zero-order valence-corrected chi connectivity index (χ0v) is 9.07. The van der Waals surface area contributed by atoms with Crippen molar-refractivity contribution in [1.82, 2.24) is 10.1 Å². The summed E-state index contributed by atoms with van der Waals surface area (Å²) >= 11 is 0. The number of rotatable bonds is 4. The molecule has 0 aliphatic carbocycles. The van der Waals surface area contributed by atoms with Crippen molar-refractivity contribution in [2.75, 3.05) is 0 Å². The average molecular weight is 196 g/mol. The Kier molecular flexibility index (Phi) is 3.38. The van der Waals surface area contributed by atoms with Gasteiger partial charge in [-0.25, -0.2) is 0 Å². The van der Waals surface area contributed by atoms with Crippen LogP contribution < -0.4 is 0 Å². The Hall–Kier alpha value is -1.19. The van der Waals surface area contributed by atoms with Crippen LogP contribution in [0.3, 0.4) is 0 Å². The van der Waals surface area contributed by atoms with Gasteiger partial charge in [-0.1, -0.05) is 32.9 Å². The van der Waals surface area contributed by atoms with E-state index < -0.39 is 0 Å². The van der Waals surface area contributed by atoms with Crippen molar-refractivity contribution in [1.29, 1.82) is 0 Å². The molecular formula is C10H16N2O2. The SMILES string of the molecule is CC(C)C(=O)Cc1nc(C(C)C)no1. The molecule has 0 aliphatic rings. The molecule has 0 saturated carbocycles. The molecule has 1 heterocycles. The Balaban J connectivity index is 2.64. The number of hydrogen-bond donors (Lipinski definition) is 0. The summed E-state index contributed by atoms with van der Waals surface area (Å²) in [4.78, 5) is 15.5. The summed E-state index contributed by atoms with van der Waals surface area (Å²) in [6, 6.07) is 0. The Morgan fingerprint density at radius 1 is 1.36 bits per heavy atom. The van der Waals surface area contributed by atoms with E-state index in [1.165, 1.54) is 0 Å². The van der Waals surface area contributed by atoms with Crippen LogP contribution in [0.5, 0.6) is 0 Å². The summed E-state index contributed by atoms with van der Waals surface area (Å²) in [5.74, 6) is 1.47. The zero-order chi connectivity index (χ0) is 10.7. The van der Waals surface area contributed by atoms with Crippen LogP contribution in [0.2, 0.25) is 0 Å². The molecular weight excluding hydrogens is 180 g/mol. The normalized spacial score (nSPS) is 11.3. The molecule has 4 heteroatoms. The van der Waals surface area contributed by atoms with Gasteiger partial charge in [-0.15, -0.1) is 0 Å². The van der Waals surface area contributed by atoms with Crippen LogP contribution in [-0.2, 0) is 11.2 Å². The maximum atomic E-state index is 11.4. The molecule has 0 amide bonds. The number of carbonyl (C=O) groups excluding carboxylic acids is 1. The van der Waals surface area contributed by atoms with Gasteiger partial charge in [0.2, 0.25) is 5.89 Å². The van der Waals surface area contributed by atoms with E-state index in [2.05, 4.69) is 10.1 Å². The molecule has 4 nitrogen and oxygen atoms in total. The minimum absolute atomic E-state index is 0.0180. The van der Waals surface area contributed by atoms with E-state index in [1.54, 1.807) is 0 Å². The molecule has 0 spiro atoms. The summed E-state index contributed by atoms with van der Waals surface area (Å²) in [6.07, 6.45) is 0.247. The predicted molar refractivity (Wildman–Crippen MR) is 51.9 cm³/mol. The summed E-state index contributed by atoms with van der Waals surface area (Å²) in [5.41, 5.74) is 0. The van der Waals surface area contributed by atoms with Gasteiger partial charge >= 0.3 is 0 Å². The Morgan fingerprint density at radius 3 is 2.43 bits per heavy atom. The minimum Gasteiger partial charge on any atom is -0.339 e. The highest BCUT2D eigenvalue weighted by Gasteiger charge is 2.14. The molecule has 1 aromatic rings. The van der Waals surface area contributed by atoms with Gasteiger partial charge in [-0.3, -0.25) is 4.79 Å². The molecule has 0 N–H and O–H groups in total. The first kappa shape index (κ1) is 10.9. The summed E-state index contributed by atoms with van der Waals surface area (Å²) in [7, 11) is 0. The van der Waals surface area contributed by atoms with Crippen molar-refractivity contribution in [3.05, 3.63) is 11.7 Å². The first-order valence-corrected chi connectivity index (χ1v) is 4.86. The molecule has 0 atom stereocenters. The van der Waals surface area contributed by atoms with Crippen LogP contribution in [0.4, 0.5) is 0 Å². The number of ketones is 1. The Morgan fingerprint density at radius 2 is 2.00 bits per heavy atom. The van der Waals surface area contributed by atoms with Gasteiger partial charge in [-0.2, -0.15) is 4.98 Å². The van der Waals surface area contributed by atoms with Crippen LogP contribution in [0, 0.1) is 5.92 Å². The van der Waals surface area contributed by atoms with Gasteiger partial charge in [-0.05, 0) is 0 Å². The lowest BCUT2D eigenvalue weighted by molar-refractivity contribution is -0.121. The molecule has 0 fully saturated rings. The van der Waals surface area contributed by atoms with Crippen LogP contribution >= 0.6 is 0 Å². The topological polar surface area (TPSA) is 56.0 Å². The lowest BCUT2D eigenvalue weighted by Gasteiger charge is -1.98. The van der Waals surface area contributed by atoms with Gasteiger partial charge in [0.1, 0.15) is 5.78 Å². The molecule has 0 bridgehead atoms. The maximum absolute atomic E-state index is 11.4. The quantitative estimate of drug-likeness (QED) is 0.738. The number of aromatic nitrogens is 2. The third-order valence-electron chi connectivity index (χ3n) is 1.97. The summed E-state index contributed by atoms with van der Waals surface area (Å²) < 4.78 is 4.96. The zero-order valence-electron chi connectivity index (χ0n) is 9.07. The van der Waals surface area contributed by atoms with E-state index >= 15 is 0 Å². The number of Topliss-reactive ketones (excluding diaryl/α,β-unsaturated/α-hetero) is 1. The molecule has 1 rings (SSSR count). The smallest absolute Gasteiger partial charge is 0.234 e. The average Bonchev–Trinajstić information content (AvgIpc) is 2.52.